The highest BCUT2D eigenvalue weighted by Gasteiger charge is 2.28. The molecule has 2 amide bonds. The fourth-order valence-electron chi connectivity index (χ4n) is 9.93. The van der Waals surface area contributed by atoms with E-state index in [1.807, 2.05) is 91.2 Å². The third-order valence-corrected chi connectivity index (χ3v) is 14.1. The van der Waals surface area contributed by atoms with Crippen LogP contribution in [0.3, 0.4) is 0 Å². The van der Waals surface area contributed by atoms with Gasteiger partial charge in [0.1, 0.15) is 28.8 Å². The molecule has 2 fully saturated rings. The van der Waals surface area contributed by atoms with Crippen LogP contribution in [0.2, 0.25) is 0 Å². The lowest BCUT2D eigenvalue weighted by Gasteiger charge is -2.38. The van der Waals surface area contributed by atoms with E-state index in [9.17, 15) is 9.59 Å². The molecule has 2 aromatic carbocycles. The topological polar surface area (TPSA) is 190 Å². The van der Waals surface area contributed by atoms with E-state index >= 15 is 0 Å². The predicted octanol–water partition coefficient (Wildman–Crippen LogP) is 7.98. The van der Waals surface area contributed by atoms with Crippen LogP contribution in [-0.2, 0) is 16.1 Å². The summed E-state index contributed by atoms with van der Waals surface area (Å²) >= 11 is 0. The number of rotatable bonds is 20. The number of aryl methyl sites for hydroxylation is 1. The minimum atomic E-state index is -0.331. The average Bonchev–Trinajstić information content (AvgIpc) is 4.01. The Kier molecular flexibility index (Phi) is 15.8. The molecule has 392 valence electrons. The van der Waals surface area contributed by atoms with Crippen molar-refractivity contribution in [3.8, 4) is 22.8 Å². The van der Waals surface area contributed by atoms with E-state index in [0.717, 1.165) is 90.5 Å². The summed E-state index contributed by atoms with van der Waals surface area (Å²) in [7, 11) is 11.4. The Bertz CT molecular complexity index is 3190. The van der Waals surface area contributed by atoms with Gasteiger partial charge in [0.2, 0.25) is 17.8 Å². The zero-order chi connectivity index (χ0) is 52.8. The van der Waals surface area contributed by atoms with Crippen LogP contribution in [0.1, 0.15) is 43.4 Å². The van der Waals surface area contributed by atoms with Crippen molar-refractivity contribution in [3.63, 3.8) is 0 Å². The van der Waals surface area contributed by atoms with Crippen molar-refractivity contribution >= 4 is 74.7 Å². The molecule has 0 bridgehead atoms. The molecule has 0 unspecified atom stereocenters. The van der Waals surface area contributed by atoms with Gasteiger partial charge in [0.15, 0.2) is 5.65 Å². The van der Waals surface area contributed by atoms with Crippen molar-refractivity contribution in [2.75, 3.05) is 118 Å². The standard InChI is InChI=1S/C55H68N16O4/c1-10-51(72)61-39-27-41(48(74-8)29-44(39)66(6)25-24-65(4)5)59-50-35-70-47(37-16-15-19-56-31-37)33-57-54(70)43(60-50)34-67(7)38-17-22-68(23-18-38)45-30-49(75-9)42(28-40(45)62-52(73)11-2)63-55-58-32-46-36(3)26-53(71(46)64-55)69-20-13-12-14-21-69/h10-11,15-16,19,26-33,35,38,59H,1-2,12-14,17-18,20-25,34H2,3-9H3,(H,61,72)(H,62,73)(H,63,64). The molecule has 0 saturated carbocycles. The van der Waals surface area contributed by atoms with Gasteiger partial charge in [-0.15, -0.1) is 5.10 Å². The largest absolute Gasteiger partial charge is 0.494 e. The lowest BCUT2D eigenvalue weighted by molar-refractivity contribution is -0.112. The molecule has 2 saturated heterocycles. The normalized spacial score (nSPS) is 14.1. The van der Waals surface area contributed by atoms with Gasteiger partial charge in [0.25, 0.3) is 0 Å². The summed E-state index contributed by atoms with van der Waals surface area (Å²) in [6.07, 6.45) is 16.9. The number of amides is 2. The molecule has 0 radical (unpaired) electrons. The van der Waals surface area contributed by atoms with Crippen molar-refractivity contribution in [1.29, 1.82) is 0 Å². The number of likely N-dealkylation sites (N-methyl/N-ethyl adjacent to an activating group) is 2. The van der Waals surface area contributed by atoms with E-state index in [0.29, 0.717) is 77.8 Å². The molecule has 75 heavy (non-hydrogen) atoms. The quantitative estimate of drug-likeness (QED) is 0.0537. The number of hydrogen-bond donors (Lipinski definition) is 4. The van der Waals surface area contributed by atoms with Crippen LogP contribution in [0.4, 0.5) is 51.7 Å². The number of methoxy groups -OCH3 is 2. The Hall–Kier alpha value is -8.23. The van der Waals surface area contributed by atoms with Crippen LogP contribution in [0, 0.1) is 6.92 Å². The summed E-state index contributed by atoms with van der Waals surface area (Å²) in [6.45, 7) is 14.9. The summed E-state index contributed by atoms with van der Waals surface area (Å²) in [5, 5.41) is 17.9. The van der Waals surface area contributed by atoms with Gasteiger partial charge >= 0.3 is 0 Å². The zero-order valence-electron chi connectivity index (χ0n) is 44.1. The van der Waals surface area contributed by atoms with E-state index < -0.39 is 0 Å². The van der Waals surface area contributed by atoms with Gasteiger partial charge in [-0.05, 0) is 108 Å². The first-order valence-electron chi connectivity index (χ1n) is 25.4. The van der Waals surface area contributed by atoms with E-state index in [1.54, 1.807) is 20.4 Å². The van der Waals surface area contributed by atoms with Crippen LogP contribution < -0.4 is 45.4 Å². The van der Waals surface area contributed by atoms with Crippen molar-refractivity contribution in [1.82, 2.24) is 43.8 Å². The molecule has 2 aliphatic rings. The molecular weight excluding hydrogens is 949 g/mol. The first-order valence-corrected chi connectivity index (χ1v) is 25.4. The first-order chi connectivity index (χ1) is 36.3. The number of piperidine rings is 2. The second-order valence-corrected chi connectivity index (χ2v) is 19.4. The van der Waals surface area contributed by atoms with E-state index in [4.69, 9.17) is 29.5 Å². The molecule has 0 aliphatic carbocycles. The van der Waals surface area contributed by atoms with Crippen LogP contribution in [-0.4, -0.2) is 143 Å². The fraction of sp³-hybridized carbons (Fsp3) is 0.364. The predicted molar refractivity (Wildman–Crippen MR) is 299 cm³/mol. The highest BCUT2D eigenvalue weighted by atomic mass is 16.5. The molecular formula is C55H68N16O4. The van der Waals surface area contributed by atoms with Gasteiger partial charge in [-0.2, -0.15) is 0 Å². The Morgan fingerprint density at radius 2 is 1.51 bits per heavy atom. The number of ether oxygens (including phenoxy) is 2. The average molecular weight is 1020 g/mol. The Morgan fingerprint density at radius 3 is 2.20 bits per heavy atom. The summed E-state index contributed by atoms with van der Waals surface area (Å²) < 4.78 is 16.0. The van der Waals surface area contributed by atoms with Gasteiger partial charge in [0, 0.05) is 89.0 Å². The highest BCUT2D eigenvalue weighted by molar-refractivity contribution is 6.03. The maximum absolute atomic E-state index is 13.0. The molecule has 0 atom stereocenters. The lowest BCUT2D eigenvalue weighted by atomic mass is 10.0. The van der Waals surface area contributed by atoms with Gasteiger partial charge in [-0.3, -0.25) is 23.9 Å². The number of carbonyl (C=O) groups excluding carboxylic acids is 2. The highest BCUT2D eigenvalue weighted by Crippen LogP contribution is 2.41. The number of pyridine rings is 1. The summed E-state index contributed by atoms with van der Waals surface area (Å²) in [5.41, 5.74) is 9.34. The van der Waals surface area contributed by atoms with Gasteiger partial charge < -0.3 is 50.3 Å². The zero-order valence-corrected chi connectivity index (χ0v) is 44.1. The SMILES string of the molecule is C=CC(=O)Nc1cc(Nc2cn3c(-c4cccnc4)cnc3c(CN(C)C3CCN(c4cc(OC)c(Nc5ncc6c(C)cc(N7CCCCC7)n6n5)cc4NC(=O)C=C)CC3)n2)c(OC)cc1N(C)CCN(C)C. The molecule has 7 aromatic rings. The number of carbonyl (C=O) groups is 2. The third-order valence-electron chi connectivity index (χ3n) is 14.1. The molecule has 20 heteroatoms. The van der Waals surface area contributed by atoms with E-state index in [1.165, 1.54) is 18.6 Å². The number of benzene rings is 2. The van der Waals surface area contributed by atoms with Gasteiger partial charge in [0.05, 0.1) is 78.1 Å². The molecule has 5 aromatic heterocycles. The Balaban J connectivity index is 0.971. The third kappa shape index (κ3) is 11.5. The molecule has 0 spiro atoms. The Labute approximate surface area is 438 Å². The summed E-state index contributed by atoms with van der Waals surface area (Å²) in [6, 6.07) is 13.9. The molecule has 2 aliphatic heterocycles. The summed E-state index contributed by atoms with van der Waals surface area (Å²) in [4.78, 5) is 56.2. The van der Waals surface area contributed by atoms with Crippen LogP contribution in [0.25, 0.3) is 22.4 Å². The van der Waals surface area contributed by atoms with Crippen LogP contribution in [0.5, 0.6) is 11.5 Å². The number of hydrogen-bond acceptors (Lipinski definition) is 16. The second kappa shape index (κ2) is 22.9. The van der Waals surface area contributed by atoms with Gasteiger partial charge in [-0.1, -0.05) is 13.2 Å². The number of aromatic nitrogens is 7. The number of anilines is 9. The Morgan fingerprint density at radius 1 is 0.800 bits per heavy atom. The molecule has 7 heterocycles. The maximum Gasteiger partial charge on any atom is 0.247 e. The van der Waals surface area contributed by atoms with Crippen molar-refractivity contribution in [2.24, 2.45) is 0 Å². The minimum Gasteiger partial charge on any atom is -0.494 e. The smallest absolute Gasteiger partial charge is 0.247 e. The first kappa shape index (κ1) is 51.7. The van der Waals surface area contributed by atoms with Crippen molar-refractivity contribution < 1.29 is 19.1 Å². The van der Waals surface area contributed by atoms with E-state index in [-0.39, 0.29) is 17.9 Å². The number of imidazole rings is 1. The minimum absolute atomic E-state index is 0.189. The summed E-state index contributed by atoms with van der Waals surface area (Å²) in [5.74, 6) is 2.50. The maximum atomic E-state index is 13.0. The lowest BCUT2D eigenvalue weighted by Crippen LogP contribution is -2.43. The molecule has 20 nitrogen and oxygen atoms in total. The van der Waals surface area contributed by atoms with Crippen molar-refractivity contribution in [3.05, 3.63) is 110 Å². The van der Waals surface area contributed by atoms with Crippen LogP contribution >= 0.6 is 0 Å². The van der Waals surface area contributed by atoms with Gasteiger partial charge in [-0.25, -0.2) is 19.5 Å². The fourth-order valence-corrected chi connectivity index (χ4v) is 9.93. The molecule has 4 N–H and O–H groups in total. The van der Waals surface area contributed by atoms with Crippen LogP contribution in [0.15, 0.2) is 98.8 Å². The van der Waals surface area contributed by atoms with Crippen molar-refractivity contribution in [2.45, 2.75) is 51.6 Å². The molecule has 9 rings (SSSR count). The second-order valence-electron chi connectivity index (χ2n) is 19.4. The number of nitrogens with one attached hydrogen (secondary N) is 4. The van der Waals surface area contributed by atoms with E-state index in [2.05, 4.69) is 83.9 Å². The monoisotopic (exact) mass is 1020 g/mol. The number of fused-ring (bicyclic) bond motifs is 2. The number of nitrogens with zero attached hydrogens (tertiary/aromatic N) is 12.